The maximum absolute atomic E-state index is 13.8. The molecule has 6 aromatic rings. The Hall–Kier alpha value is -3.83. The lowest BCUT2D eigenvalue weighted by Crippen LogP contribution is -2.09. The van der Waals surface area contributed by atoms with Gasteiger partial charge in [-0.2, -0.15) is 0 Å². The summed E-state index contributed by atoms with van der Waals surface area (Å²) in [5.41, 5.74) is 6.30. The first kappa shape index (κ1) is 20.8. The molecule has 0 bridgehead atoms. The Bertz CT molecular complexity index is 1750. The minimum Gasteiger partial charge on any atom is -0.420 e. The lowest BCUT2D eigenvalue weighted by atomic mass is 9.99. The molecule has 0 amide bonds. The monoisotopic (exact) mass is 464 g/mol. The van der Waals surface area contributed by atoms with E-state index < -0.39 is 0 Å². The molecule has 0 N–H and O–H groups in total. The van der Waals surface area contributed by atoms with Gasteiger partial charge in [-0.1, -0.05) is 48.5 Å². The molecule has 168 valence electrons. The molecular formula is C29H24N2O2S. The van der Waals surface area contributed by atoms with E-state index in [1.54, 1.807) is 0 Å². The third-order valence-corrected chi connectivity index (χ3v) is 8.12. The number of benzene rings is 3. The average Bonchev–Trinajstić information content (AvgIpc) is 3.44. The zero-order valence-electron chi connectivity index (χ0n) is 19.5. The Labute approximate surface area is 201 Å². The normalized spacial score (nSPS) is 11.6. The van der Waals surface area contributed by atoms with Crippen molar-refractivity contribution in [3.63, 3.8) is 0 Å². The summed E-state index contributed by atoms with van der Waals surface area (Å²) in [6.07, 6.45) is 0. The van der Waals surface area contributed by atoms with Gasteiger partial charge in [-0.3, -0.25) is 0 Å². The Kier molecular flexibility index (Phi) is 4.64. The Morgan fingerprint density at radius 3 is 2.00 bits per heavy atom. The predicted molar refractivity (Wildman–Crippen MR) is 141 cm³/mol. The second kappa shape index (κ2) is 7.61. The van der Waals surface area contributed by atoms with Gasteiger partial charge in [0.1, 0.15) is 4.88 Å². The number of thiophene rings is 1. The van der Waals surface area contributed by atoms with Crippen molar-refractivity contribution in [3.8, 4) is 16.9 Å². The van der Waals surface area contributed by atoms with Gasteiger partial charge in [-0.15, -0.1) is 11.3 Å². The summed E-state index contributed by atoms with van der Waals surface area (Å²) in [5, 5.41) is 3.16. The fourth-order valence-corrected chi connectivity index (χ4v) is 6.11. The molecule has 0 saturated heterocycles. The lowest BCUT2D eigenvalue weighted by molar-refractivity contribution is 0.0741. The van der Waals surface area contributed by atoms with E-state index in [1.165, 1.54) is 11.3 Å². The van der Waals surface area contributed by atoms with Crippen LogP contribution in [0.1, 0.15) is 21.1 Å². The first-order valence-electron chi connectivity index (χ1n) is 11.3. The third-order valence-electron chi connectivity index (χ3n) is 6.97. The number of aromatic nitrogens is 2. The Morgan fingerprint density at radius 2 is 1.26 bits per heavy atom. The smallest absolute Gasteiger partial charge is 0.354 e. The Balaban J connectivity index is 1.59. The van der Waals surface area contributed by atoms with Crippen LogP contribution in [0.4, 0.5) is 0 Å². The van der Waals surface area contributed by atoms with Crippen molar-refractivity contribution >= 4 is 49.2 Å². The van der Waals surface area contributed by atoms with Crippen LogP contribution in [0, 0.1) is 13.8 Å². The second-order valence-corrected chi connectivity index (χ2v) is 9.77. The van der Waals surface area contributed by atoms with Crippen LogP contribution in [-0.4, -0.2) is 15.1 Å². The number of nitrogens with zero attached hydrogens (tertiary/aromatic N) is 2. The molecule has 0 aliphatic carbocycles. The van der Waals surface area contributed by atoms with Crippen LogP contribution in [-0.2, 0) is 14.1 Å². The van der Waals surface area contributed by atoms with E-state index in [2.05, 4.69) is 59.5 Å². The van der Waals surface area contributed by atoms with E-state index >= 15 is 0 Å². The molecule has 3 aromatic heterocycles. The van der Waals surface area contributed by atoms with Gasteiger partial charge < -0.3 is 13.9 Å². The molecule has 0 fully saturated rings. The molecule has 34 heavy (non-hydrogen) atoms. The van der Waals surface area contributed by atoms with Crippen molar-refractivity contribution in [2.75, 3.05) is 0 Å². The molecule has 4 nitrogen and oxygen atoms in total. The van der Waals surface area contributed by atoms with Gasteiger partial charge in [-0.25, -0.2) is 4.79 Å². The minimum atomic E-state index is -0.317. The van der Waals surface area contributed by atoms with Crippen molar-refractivity contribution < 1.29 is 9.53 Å². The van der Waals surface area contributed by atoms with E-state index in [0.29, 0.717) is 10.6 Å². The number of ether oxygens (including phenoxy) is 1. The topological polar surface area (TPSA) is 36.2 Å². The number of carbonyl (C=O) groups excluding carboxylic acids is 1. The summed E-state index contributed by atoms with van der Waals surface area (Å²) < 4.78 is 11.5. The number of fused-ring (bicyclic) bond motifs is 3. The highest BCUT2D eigenvalue weighted by Crippen LogP contribution is 2.45. The molecule has 3 heterocycles. The summed E-state index contributed by atoms with van der Waals surface area (Å²) in [7, 11) is 4.08. The first-order chi connectivity index (χ1) is 16.5. The highest BCUT2D eigenvalue weighted by molar-refractivity contribution is 7.21. The molecule has 0 saturated carbocycles. The van der Waals surface area contributed by atoms with Gasteiger partial charge >= 0.3 is 5.97 Å². The van der Waals surface area contributed by atoms with E-state index in [9.17, 15) is 4.79 Å². The first-order valence-corrected chi connectivity index (χ1v) is 12.1. The molecule has 6 rings (SSSR count). The molecule has 0 atom stereocenters. The molecular weight excluding hydrogens is 440 g/mol. The van der Waals surface area contributed by atoms with Gasteiger partial charge in [0.05, 0.1) is 11.2 Å². The van der Waals surface area contributed by atoms with Gasteiger partial charge in [-0.05, 0) is 38.1 Å². The number of rotatable bonds is 3. The van der Waals surface area contributed by atoms with E-state index in [4.69, 9.17) is 4.74 Å². The highest BCUT2D eigenvalue weighted by atomic mass is 32.1. The zero-order chi connectivity index (χ0) is 23.6. The van der Waals surface area contributed by atoms with E-state index in [0.717, 1.165) is 54.4 Å². The summed E-state index contributed by atoms with van der Waals surface area (Å²) in [6, 6.07) is 24.6. The zero-order valence-corrected chi connectivity index (χ0v) is 20.4. The fourth-order valence-electron chi connectivity index (χ4n) is 5.03. The average molecular weight is 465 g/mol. The predicted octanol–water partition coefficient (Wildman–Crippen LogP) is 7.39. The molecule has 0 spiro atoms. The standard InChI is InChI=1S/C29H24N2O2S/c1-17-25(19-11-5-8-14-22(19)30(17)3)26-21-13-7-10-16-24(21)34-28(26)29(32)33-27-18(2)31(4)23-15-9-6-12-20(23)27/h5-16H,1-4H3. The molecule has 3 aromatic carbocycles. The summed E-state index contributed by atoms with van der Waals surface area (Å²) in [6.45, 7) is 4.11. The highest BCUT2D eigenvalue weighted by Gasteiger charge is 2.27. The van der Waals surface area contributed by atoms with Crippen LogP contribution in [0.15, 0.2) is 72.8 Å². The van der Waals surface area contributed by atoms with Crippen molar-refractivity contribution in [3.05, 3.63) is 89.1 Å². The number of hydrogen-bond donors (Lipinski definition) is 0. The summed E-state index contributed by atoms with van der Waals surface area (Å²) in [4.78, 5) is 14.4. The van der Waals surface area contributed by atoms with Gasteiger partial charge in [0.25, 0.3) is 0 Å². The van der Waals surface area contributed by atoms with Crippen LogP contribution in [0.2, 0.25) is 0 Å². The third kappa shape index (κ3) is 2.87. The molecule has 5 heteroatoms. The number of esters is 1. The molecule has 0 unspecified atom stereocenters. The van der Waals surface area contributed by atoms with Crippen LogP contribution < -0.4 is 4.74 Å². The summed E-state index contributed by atoms with van der Waals surface area (Å²) >= 11 is 1.50. The minimum absolute atomic E-state index is 0.317. The van der Waals surface area contributed by atoms with E-state index in [1.807, 2.05) is 50.4 Å². The fraction of sp³-hybridized carbons (Fsp3) is 0.138. The SMILES string of the molecule is Cc1c(OC(=O)c2sc3ccccc3c2-c2c(C)n(C)c3ccccc23)c2ccccc2n1C. The van der Waals surface area contributed by atoms with Crippen LogP contribution in [0.5, 0.6) is 5.75 Å². The molecule has 0 aliphatic rings. The molecule has 0 radical (unpaired) electrons. The Morgan fingerprint density at radius 1 is 0.706 bits per heavy atom. The maximum Gasteiger partial charge on any atom is 0.354 e. The maximum atomic E-state index is 13.8. The number of aryl methyl sites for hydroxylation is 2. The summed E-state index contributed by atoms with van der Waals surface area (Å²) in [5.74, 6) is 0.309. The quantitative estimate of drug-likeness (QED) is 0.256. The number of hydrogen-bond acceptors (Lipinski definition) is 3. The van der Waals surface area contributed by atoms with Crippen LogP contribution in [0.25, 0.3) is 43.0 Å². The number of carbonyl (C=O) groups is 1. The largest absolute Gasteiger partial charge is 0.420 e. The van der Waals surface area contributed by atoms with Crippen molar-refractivity contribution in [2.24, 2.45) is 14.1 Å². The van der Waals surface area contributed by atoms with Crippen molar-refractivity contribution in [1.29, 1.82) is 0 Å². The molecule has 0 aliphatic heterocycles. The number of para-hydroxylation sites is 2. The van der Waals surface area contributed by atoms with Crippen molar-refractivity contribution in [1.82, 2.24) is 9.13 Å². The lowest BCUT2D eigenvalue weighted by Gasteiger charge is -2.08. The van der Waals surface area contributed by atoms with Gasteiger partial charge in [0, 0.05) is 57.3 Å². The van der Waals surface area contributed by atoms with Gasteiger partial charge in [0.15, 0.2) is 5.75 Å². The van der Waals surface area contributed by atoms with Crippen LogP contribution >= 0.6 is 11.3 Å². The van der Waals surface area contributed by atoms with E-state index in [-0.39, 0.29) is 5.97 Å². The second-order valence-electron chi connectivity index (χ2n) is 8.72. The van der Waals surface area contributed by atoms with Gasteiger partial charge in [0.2, 0.25) is 0 Å². The van der Waals surface area contributed by atoms with Crippen molar-refractivity contribution in [2.45, 2.75) is 13.8 Å². The van der Waals surface area contributed by atoms with Crippen LogP contribution in [0.3, 0.4) is 0 Å².